The van der Waals surface area contributed by atoms with Crippen LogP contribution in [0.5, 0.6) is 0 Å². The van der Waals surface area contributed by atoms with Crippen molar-refractivity contribution in [2.75, 3.05) is 6.54 Å². The van der Waals surface area contributed by atoms with Gasteiger partial charge in [-0.15, -0.1) is 11.6 Å². The van der Waals surface area contributed by atoms with Crippen molar-refractivity contribution in [1.29, 1.82) is 0 Å². The Labute approximate surface area is 194 Å². The maximum Gasteiger partial charge on any atom is 0.245 e. The van der Waals surface area contributed by atoms with Crippen molar-refractivity contribution in [2.45, 2.75) is 37.4 Å². The van der Waals surface area contributed by atoms with Gasteiger partial charge in [0.2, 0.25) is 11.8 Å². The van der Waals surface area contributed by atoms with Gasteiger partial charge in [-0.1, -0.05) is 60.7 Å². The van der Waals surface area contributed by atoms with E-state index in [4.69, 9.17) is 11.6 Å². The van der Waals surface area contributed by atoms with E-state index in [1.54, 1.807) is 4.90 Å². The number of benzene rings is 2. The van der Waals surface area contributed by atoms with Crippen LogP contribution in [0.2, 0.25) is 0 Å². The monoisotopic (exact) mass is 449 g/mol. The summed E-state index contributed by atoms with van der Waals surface area (Å²) in [5.74, 6) is -0.278. The Morgan fingerprint density at radius 1 is 0.969 bits per heavy atom. The molecule has 2 amide bonds. The van der Waals surface area contributed by atoms with E-state index in [2.05, 4.69) is 0 Å². The third kappa shape index (κ3) is 5.40. The van der Waals surface area contributed by atoms with Crippen LogP contribution in [-0.2, 0) is 29.7 Å². The second-order valence-electron chi connectivity index (χ2n) is 8.32. The molecule has 0 N–H and O–H groups in total. The summed E-state index contributed by atoms with van der Waals surface area (Å²) in [4.78, 5) is 30.2. The highest BCUT2D eigenvalue weighted by Gasteiger charge is 2.37. The molecule has 6 heteroatoms. The zero-order chi connectivity index (χ0) is 22.5. The van der Waals surface area contributed by atoms with Gasteiger partial charge in [-0.3, -0.25) is 9.59 Å². The molecule has 0 saturated heterocycles. The van der Waals surface area contributed by atoms with Crippen LogP contribution in [-0.4, -0.2) is 38.8 Å². The summed E-state index contributed by atoms with van der Waals surface area (Å²) in [6.07, 6.45) is 3.79. The Hall–Kier alpha value is -3.05. The normalized spacial score (nSPS) is 14.1. The van der Waals surface area contributed by atoms with Gasteiger partial charge < -0.3 is 14.4 Å². The molecule has 0 radical (unpaired) electrons. The van der Waals surface area contributed by atoms with Crippen molar-refractivity contribution < 1.29 is 9.59 Å². The number of aryl methyl sites for hydroxylation is 1. The number of nitrogens with zero attached hydrogens (tertiary/aromatic N) is 3. The molecule has 1 aromatic heterocycles. The summed E-state index contributed by atoms with van der Waals surface area (Å²) in [5, 5.41) is -0.792. The number of carbonyl (C=O) groups excluding carboxylic acids is 2. The van der Waals surface area contributed by atoms with Gasteiger partial charge in [0.15, 0.2) is 0 Å². The number of carbonyl (C=O) groups is 2. The topological polar surface area (TPSA) is 45.6 Å². The van der Waals surface area contributed by atoms with Crippen LogP contribution in [0.1, 0.15) is 35.0 Å². The minimum atomic E-state index is -0.792. The van der Waals surface area contributed by atoms with E-state index in [-0.39, 0.29) is 24.4 Å². The summed E-state index contributed by atoms with van der Waals surface area (Å²) >= 11 is 6.53. The third-order valence-electron chi connectivity index (χ3n) is 5.86. The van der Waals surface area contributed by atoms with E-state index in [0.29, 0.717) is 13.1 Å². The van der Waals surface area contributed by atoms with Crippen LogP contribution in [0, 0.1) is 0 Å². The molecule has 3 aromatic rings. The molecule has 2 aromatic carbocycles. The maximum atomic E-state index is 13.5. The molecule has 1 unspecified atom stereocenters. The number of amides is 2. The van der Waals surface area contributed by atoms with Crippen molar-refractivity contribution >= 4 is 23.4 Å². The van der Waals surface area contributed by atoms with Gasteiger partial charge in [0.25, 0.3) is 0 Å². The van der Waals surface area contributed by atoms with Gasteiger partial charge in [-0.2, -0.15) is 0 Å². The van der Waals surface area contributed by atoms with Crippen molar-refractivity contribution in [2.24, 2.45) is 7.05 Å². The predicted octanol–water partition coefficient (Wildman–Crippen LogP) is 4.53. The van der Waals surface area contributed by atoms with Crippen LogP contribution in [0.4, 0.5) is 0 Å². The maximum absolute atomic E-state index is 13.5. The lowest BCUT2D eigenvalue weighted by molar-refractivity contribution is -0.141. The number of hydrogen-bond acceptors (Lipinski definition) is 2. The Morgan fingerprint density at radius 3 is 2.22 bits per heavy atom. The highest BCUT2D eigenvalue weighted by atomic mass is 35.5. The van der Waals surface area contributed by atoms with Crippen LogP contribution >= 0.6 is 11.6 Å². The average Bonchev–Trinajstić information content (AvgIpc) is 3.59. The first kappa shape index (κ1) is 22.2. The Morgan fingerprint density at radius 2 is 1.62 bits per heavy atom. The second kappa shape index (κ2) is 10.0. The molecular formula is C26H28ClN3O2. The second-order valence-corrected chi connectivity index (χ2v) is 8.75. The van der Waals surface area contributed by atoms with Gasteiger partial charge in [0, 0.05) is 31.5 Å². The highest BCUT2D eigenvalue weighted by Crippen LogP contribution is 2.32. The number of alkyl halides is 1. The van der Waals surface area contributed by atoms with Gasteiger partial charge in [0.1, 0.15) is 11.9 Å². The first-order valence-corrected chi connectivity index (χ1v) is 11.4. The van der Waals surface area contributed by atoms with E-state index in [1.165, 1.54) is 0 Å². The fraction of sp³-hybridized carbons (Fsp3) is 0.308. The van der Waals surface area contributed by atoms with Gasteiger partial charge in [0.05, 0.1) is 6.54 Å². The lowest BCUT2D eigenvalue weighted by Gasteiger charge is -2.29. The quantitative estimate of drug-likeness (QED) is 0.451. The minimum Gasteiger partial charge on any atom is -0.353 e. The largest absolute Gasteiger partial charge is 0.353 e. The fourth-order valence-corrected chi connectivity index (χ4v) is 4.09. The van der Waals surface area contributed by atoms with Crippen molar-refractivity contribution in [3.63, 3.8) is 0 Å². The van der Waals surface area contributed by atoms with E-state index >= 15 is 0 Å². The van der Waals surface area contributed by atoms with E-state index < -0.39 is 5.38 Å². The molecule has 4 rings (SSSR count). The minimum absolute atomic E-state index is 0.0385. The van der Waals surface area contributed by atoms with Crippen LogP contribution < -0.4 is 0 Å². The third-order valence-corrected chi connectivity index (χ3v) is 6.30. The molecule has 0 aliphatic heterocycles. The molecule has 1 aliphatic carbocycles. The summed E-state index contributed by atoms with van der Waals surface area (Å²) in [5.41, 5.74) is 2.85. The zero-order valence-corrected chi connectivity index (χ0v) is 19.0. The molecule has 1 heterocycles. The van der Waals surface area contributed by atoms with Gasteiger partial charge in [-0.25, -0.2) is 0 Å². The summed E-state index contributed by atoms with van der Waals surface area (Å²) in [6, 6.07) is 23.3. The molecule has 166 valence electrons. The zero-order valence-electron chi connectivity index (χ0n) is 18.2. The summed E-state index contributed by atoms with van der Waals surface area (Å²) < 4.78 is 2.01. The molecular weight excluding hydrogens is 422 g/mol. The molecule has 32 heavy (non-hydrogen) atoms. The van der Waals surface area contributed by atoms with Gasteiger partial charge in [-0.05, 0) is 36.1 Å². The lowest BCUT2D eigenvalue weighted by Crippen LogP contribution is -2.44. The first-order chi connectivity index (χ1) is 15.5. The molecule has 1 aliphatic rings. The first-order valence-electron chi connectivity index (χ1n) is 10.9. The Balaban J connectivity index is 1.52. The molecule has 0 bridgehead atoms. The van der Waals surface area contributed by atoms with Crippen LogP contribution in [0.15, 0.2) is 79.0 Å². The van der Waals surface area contributed by atoms with E-state index in [0.717, 1.165) is 29.7 Å². The highest BCUT2D eigenvalue weighted by molar-refractivity contribution is 6.30. The van der Waals surface area contributed by atoms with Gasteiger partial charge >= 0.3 is 0 Å². The molecule has 0 spiro atoms. The molecule has 1 atom stereocenters. The predicted molar refractivity (Wildman–Crippen MR) is 126 cm³/mol. The fourth-order valence-electron chi connectivity index (χ4n) is 3.82. The summed E-state index contributed by atoms with van der Waals surface area (Å²) in [6.45, 7) is 1.00. The van der Waals surface area contributed by atoms with Crippen LogP contribution in [0.3, 0.4) is 0 Å². The Kier molecular flexibility index (Phi) is 6.96. The summed E-state index contributed by atoms with van der Waals surface area (Å²) in [7, 11) is 1.97. The van der Waals surface area contributed by atoms with E-state index in [9.17, 15) is 9.59 Å². The van der Waals surface area contributed by atoms with E-state index in [1.807, 2.05) is 95.5 Å². The number of halogens is 1. The average molecular weight is 450 g/mol. The SMILES string of the molecule is Cn1cccc1CN(Cc1ccccc1)C(=O)CN(C(=O)C(Cl)c1ccccc1)C1CC1. The van der Waals surface area contributed by atoms with Crippen molar-refractivity contribution in [3.05, 3.63) is 95.8 Å². The van der Waals surface area contributed by atoms with Crippen molar-refractivity contribution in [1.82, 2.24) is 14.4 Å². The Bertz CT molecular complexity index is 1050. The number of rotatable bonds is 9. The number of aromatic nitrogens is 1. The smallest absolute Gasteiger partial charge is 0.245 e. The lowest BCUT2D eigenvalue weighted by atomic mass is 10.1. The van der Waals surface area contributed by atoms with Crippen molar-refractivity contribution in [3.8, 4) is 0 Å². The number of hydrogen-bond donors (Lipinski definition) is 0. The molecule has 1 saturated carbocycles. The van der Waals surface area contributed by atoms with Crippen LogP contribution in [0.25, 0.3) is 0 Å². The molecule has 5 nitrogen and oxygen atoms in total. The standard InChI is InChI=1S/C26H28ClN3O2/c1-28-16-8-13-23(28)18-29(17-20-9-4-2-5-10-20)24(31)19-30(22-14-15-22)26(32)25(27)21-11-6-3-7-12-21/h2-13,16,22,25H,14-15,17-19H2,1H3. The molecule has 1 fully saturated rings.